The summed E-state index contributed by atoms with van der Waals surface area (Å²) >= 11 is 0. The van der Waals surface area contributed by atoms with Gasteiger partial charge in [-0.2, -0.15) is 0 Å². The predicted molar refractivity (Wildman–Crippen MR) is 79.3 cm³/mol. The molecule has 21 heavy (non-hydrogen) atoms. The molecule has 2 atom stereocenters. The van der Waals surface area contributed by atoms with Crippen molar-refractivity contribution in [1.29, 1.82) is 0 Å². The van der Waals surface area contributed by atoms with E-state index in [-0.39, 0.29) is 5.69 Å². The Morgan fingerprint density at radius 1 is 1.38 bits per heavy atom. The summed E-state index contributed by atoms with van der Waals surface area (Å²) in [5.74, 6) is 0. The van der Waals surface area contributed by atoms with Crippen LogP contribution in [0.5, 0.6) is 0 Å². The highest BCUT2D eigenvalue weighted by Crippen LogP contribution is 2.31. The molecule has 3 N–H and O–H groups in total. The number of nitro benzene ring substituents is 1. The molecular formula is C13H21N3O5. The average molecular weight is 299 g/mol. The summed E-state index contributed by atoms with van der Waals surface area (Å²) in [5, 5.41) is 33.4. The van der Waals surface area contributed by atoms with Crippen LogP contribution in [0.1, 0.15) is 13.8 Å². The van der Waals surface area contributed by atoms with Crippen LogP contribution in [-0.4, -0.2) is 47.9 Å². The standard InChI is InChI=1S/C13H21N3O5/c1-9(17)15(10(2)18)11-4-5-12(14-6-7-21-3)13(8-11)16(19)20/h4-5,8-10,14,17-18H,6-7H2,1-3H3. The van der Waals surface area contributed by atoms with Crippen molar-refractivity contribution in [2.75, 3.05) is 30.5 Å². The molecule has 8 nitrogen and oxygen atoms in total. The van der Waals surface area contributed by atoms with E-state index in [1.54, 1.807) is 19.2 Å². The van der Waals surface area contributed by atoms with Crippen LogP contribution in [-0.2, 0) is 4.74 Å². The summed E-state index contributed by atoms with van der Waals surface area (Å²) in [7, 11) is 1.54. The Morgan fingerprint density at radius 3 is 2.48 bits per heavy atom. The molecule has 1 aromatic carbocycles. The van der Waals surface area contributed by atoms with Crippen molar-refractivity contribution in [3.05, 3.63) is 28.3 Å². The molecule has 0 heterocycles. The summed E-state index contributed by atoms with van der Waals surface area (Å²) in [6.45, 7) is 3.81. The quantitative estimate of drug-likeness (QED) is 0.286. The fourth-order valence-electron chi connectivity index (χ4n) is 2.01. The summed E-state index contributed by atoms with van der Waals surface area (Å²) < 4.78 is 4.88. The zero-order chi connectivity index (χ0) is 16.0. The Hall–Kier alpha value is -1.90. The second-order valence-corrected chi connectivity index (χ2v) is 4.55. The van der Waals surface area contributed by atoms with Gasteiger partial charge in [0.25, 0.3) is 5.69 Å². The highest BCUT2D eigenvalue weighted by Gasteiger charge is 2.21. The maximum atomic E-state index is 11.2. The lowest BCUT2D eigenvalue weighted by atomic mass is 10.2. The van der Waals surface area contributed by atoms with E-state index in [9.17, 15) is 20.3 Å². The first-order valence-corrected chi connectivity index (χ1v) is 6.54. The van der Waals surface area contributed by atoms with Gasteiger partial charge in [0.2, 0.25) is 0 Å². The molecule has 0 aliphatic heterocycles. The average Bonchev–Trinajstić information content (AvgIpc) is 2.39. The SMILES string of the molecule is COCCNc1ccc(N(C(C)O)C(C)O)cc1[N+](=O)[O-]. The Labute approximate surface area is 123 Å². The third-order valence-corrected chi connectivity index (χ3v) is 2.90. The first-order chi connectivity index (χ1) is 9.88. The molecule has 1 rings (SSSR count). The van der Waals surface area contributed by atoms with Crippen molar-refractivity contribution < 1.29 is 19.9 Å². The summed E-state index contributed by atoms with van der Waals surface area (Å²) in [4.78, 5) is 11.9. The van der Waals surface area contributed by atoms with Gasteiger partial charge in [-0.3, -0.25) is 10.1 Å². The van der Waals surface area contributed by atoms with E-state index in [1.165, 1.54) is 24.8 Å². The van der Waals surface area contributed by atoms with Crippen LogP contribution in [0.25, 0.3) is 0 Å². The van der Waals surface area contributed by atoms with E-state index in [1.807, 2.05) is 0 Å². The van der Waals surface area contributed by atoms with E-state index >= 15 is 0 Å². The van der Waals surface area contributed by atoms with Gasteiger partial charge in [-0.15, -0.1) is 0 Å². The molecule has 0 saturated carbocycles. The third-order valence-electron chi connectivity index (χ3n) is 2.90. The molecule has 0 aliphatic carbocycles. The molecule has 0 spiro atoms. The Balaban J connectivity index is 3.10. The lowest BCUT2D eigenvalue weighted by molar-refractivity contribution is -0.383. The molecule has 0 saturated heterocycles. The van der Waals surface area contributed by atoms with E-state index in [0.29, 0.717) is 24.5 Å². The maximum absolute atomic E-state index is 11.2. The van der Waals surface area contributed by atoms with Crippen LogP contribution in [0.4, 0.5) is 17.1 Å². The fraction of sp³-hybridized carbons (Fsp3) is 0.538. The number of nitrogens with zero attached hydrogens (tertiary/aromatic N) is 2. The topological polar surface area (TPSA) is 108 Å². The minimum absolute atomic E-state index is 0.130. The molecular weight excluding hydrogens is 278 g/mol. The number of aliphatic hydroxyl groups excluding tert-OH is 2. The second-order valence-electron chi connectivity index (χ2n) is 4.55. The number of hydrogen-bond donors (Lipinski definition) is 3. The monoisotopic (exact) mass is 299 g/mol. The van der Waals surface area contributed by atoms with Gasteiger partial charge in [0, 0.05) is 25.4 Å². The van der Waals surface area contributed by atoms with Crippen molar-refractivity contribution in [2.24, 2.45) is 0 Å². The third kappa shape index (κ3) is 4.55. The van der Waals surface area contributed by atoms with Gasteiger partial charge in [-0.05, 0) is 26.0 Å². The van der Waals surface area contributed by atoms with Crippen molar-refractivity contribution in [2.45, 2.75) is 26.3 Å². The molecule has 0 bridgehead atoms. The zero-order valence-electron chi connectivity index (χ0n) is 12.3. The lowest BCUT2D eigenvalue weighted by Crippen LogP contribution is -2.40. The maximum Gasteiger partial charge on any atom is 0.294 e. The van der Waals surface area contributed by atoms with Gasteiger partial charge >= 0.3 is 0 Å². The van der Waals surface area contributed by atoms with Crippen LogP contribution in [0.2, 0.25) is 0 Å². The van der Waals surface area contributed by atoms with E-state index in [2.05, 4.69) is 5.32 Å². The van der Waals surface area contributed by atoms with Gasteiger partial charge in [0.05, 0.1) is 11.5 Å². The molecule has 8 heteroatoms. The number of nitrogens with one attached hydrogen (secondary N) is 1. The van der Waals surface area contributed by atoms with Gasteiger partial charge in [-0.25, -0.2) is 0 Å². The molecule has 0 amide bonds. The minimum Gasteiger partial charge on any atom is -0.383 e. The summed E-state index contributed by atoms with van der Waals surface area (Å²) in [6.07, 6.45) is -1.95. The second kappa shape index (κ2) is 7.77. The summed E-state index contributed by atoms with van der Waals surface area (Å²) in [5.41, 5.74) is 0.593. The van der Waals surface area contributed by atoms with Crippen molar-refractivity contribution >= 4 is 17.1 Å². The van der Waals surface area contributed by atoms with Gasteiger partial charge in [0.15, 0.2) is 0 Å². The summed E-state index contributed by atoms with van der Waals surface area (Å²) in [6, 6.07) is 4.46. The van der Waals surface area contributed by atoms with Crippen molar-refractivity contribution in [1.82, 2.24) is 0 Å². The van der Waals surface area contributed by atoms with Crippen LogP contribution in [0.15, 0.2) is 18.2 Å². The highest BCUT2D eigenvalue weighted by molar-refractivity contribution is 5.68. The number of ether oxygens (including phenoxy) is 1. The largest absolute Gasteiger partial charge is 0.383 e. The van der Waals surface area contributed by atoms with Crippen LogP contribution in [0, 0.1) is 10.1 Å². The molecule has 0 aromatic heterocycles. The minimum atomic E-state index is -0.975. The number of nitro groups is 1. The van der Waals surface area contributed by atoms with Crippen molar-refractivity contribution in [3.8, 4) is 0 Å². The number of methoxy groups -OCH3 is 1. The van der Waals surface area contributed by atoms with E-state index in [4.69, 9.17) is 4.74 Å². The van der Waals surface area contributed by atoms with Gasteiger partial charge < -0.3 is 25.2 Å². The molecule has 0 radical (unpaired) electrons. The lowest BCUT2D eigenvalue weighted by Gasteiger charge is -2.30. The van der Waals surface area contributed by atoms with E-state index < -0.39 is 17.4 Å². The first-order valence-electron chi connectivity index (χ1n) is 6.54. The Kier molecular flexibility index (Phi) is 6.35. The number of anilines is 2. The number of benzene rings is 1. The molecule has 118 valence electrons. The van der Waals surface area contributed by atoms with Crippen molar-refractivity contribution in [3.63, 3.8) is 0 Å². The van der Waals surface area contributed by atoms with E-state index in [0.717, 1.165) is 0 Å². The molecule has 0 fully saturated rings. The Bertz CT molecular complexity index is 471. The van der Waals surface area contributed by atoms with Gasteiger partial charge in [-0.1, -0.05) is 0 Å². The van der Waals surface area contributed by atoms with Crippen LogP contribution >= 0.6 is 0 Å². The molecule has 0 aliphatic rings. The highest BCUT2D eigenvalue weighted by atomic mass is 16.6. The predicted octanol–water partition coefficient (Wildman–Crippen LogP) is 1.14. The molecule has 1 aromatic rings. The molecule has 2 unspecified atom stereocenters. The normalized spacial score (nSPS) is 13.6. The number of hydrogen-bond acceptors (Lipinski definition) is 7. The zero-order valence-corrected chi connectivity index (χ0v) is 12.3. The van der Waals surface area contributed by atoms with Crippen LogP contribution in [0.3, 0.4) is 0 Å². The van der Waals surface area contributed by atoms with Crippen LogP contribution < -0.4 is 10.2 Å². The first kappa shape index (κ1) is 17.2. The Morgan fingerprint density at radius 2 is 2.00 bits per heavy atom. The van der Waals surface area contributed by atoms with Gasteiger partial charge in [0.1, 0.15) is 18.1 Å². The number of rotatable bonds is 8. The number of aliphatic hydroxyl groups is 2. The fourth-order valence-corrected chi connectivity index (χ4v) is 2.01. The smallest absolute Gasteiger partial charge is 0.294 e.